The van der Waals surface area contributed by atoms with Crippen molar-refractivity contribution in [2.24, 2.45) is 0 Å². The number of ether oxygens (including phenoxy) is 1. The van der Waals surface area contributed by atoms with Gasteiger partial charge in [-0.3, -0.25) is 9.59 Å². The Labute approximate surface area is 227 Å². The van der Waals surface area contributed by atoms with Crippen LogP contribution in [0.5, 0.6) is 5.75 Å². The number of hydrogen-bond donors (Lipinski definition) is 1. The Morgan fingerprint density at radius 3 is 2.22 bits per heavy atom. The minimum Gasteiger partial charge on any atom is -0.484 e. The second-order valence-corrected chi connectivity index (χ2v) is 10.1. The van der Waals surface area contributed by atoms with Crippen LogP contribution in [0.15, 0.2) is 71.2 Å². The Morgan fingerprint density at radius 1 is 1.00 bits per heavy atom. The van der Waals surface area contributed by atoms with Crippen LogP contribution in [-0.4, -0.2) is 35.4 Å². The molecule has 7 heteroatoms. The van der Waals surface area contributed by atoms with Crippen molar-refractivity contribution in [3.63, 3.8) is 0 Å². The predicted molar refractivity (Wildman–Crippen MR) is 148 cm³/mol. The Bertz CT molecular complexity index is 1180. The summed E-state index contributed by atoms with van der Waals surface area (Å²) in [6.07, 6.45) is 1.10. The van der Waals surface area contributed by atoms with E-state index in [9.17, 15) is 14.0 Å². The van der Waals surface area contributed by atoms with Gasteiger partial charge in [0.15, 0.2) is 6.61 Å². The molecule has 3 aromatic carbocycles. The molecule has 0 bridgehead atoms. The lowest BCUT2D eigenvalue weighted by Crippen LogP contribution is -2.53. The Hall–Kier alpha value is -3.19. The van der Waals surface area contributed by atoms with Crippen molar-refractivity contribution in [1.82, 2.24) is 10.2 Å². The van der Waals surface area contributed by atoms with E-state index < -0.39 is 6.04 Å². The third-order valence-corrected chi connectivity index (χ3v) is 7.56. The Morgan fingerprint density at radius 2 is 1.62 bits per heavy atom. The molecule has 0 saturated heterocycles. The molecule has 3 rings (SSSR count). The molecule has 0 aliphatic heterocycles. The number of carbonyl (C=O) groups excluding carboxylic acids is 2. The SMILES string of the molecule is CCC(C)NC(=O)C(Cc1ccccc1)N(Cc1ccc(F)cc1)C(=O)COc1cc(C)c(Br)c(C)c1. The molecule has 0 aromatic heterocycles. The number of amides is 2. The highest BCUT2D eigenvalue weighted by Gasteiger charge is 2.31. The van der Waals surface area contributed by atoms with Gasteiger partial charge in [0.1, 0.15) is 17.6 Å². The van der Waals surface area contributed by atoms with Gasteiger partial charge in [-0.1, -0.05) is 65.3 Å². The second kappa shape index (κ2) is 13.4. The van der Waals surface area contributed by atoms with E-state index in [0.29, 0.717) is 12.2 Å². The highest BCUT2D eigenvalue weighted by Crippen LogP contribution is 2.26. The van der Waals surface area contributed by atoms with Crippen molar-refractivity contribution in [3.05, 3.63) is 99.3 Å². The van der Waals surface area contributed by atoms with Gasteiger partial charge in [-0.05, 0) is 73.7 Å². The maximum Gasteiger partial charge on any atom is 0.261 e. The standard InChI is InChI=1S/C30H34BrFN2O3/c1-5-22(4)33-30(36)27(17-23-9-7-6-8-10-23)34(18-24-11-13-25(32)14-12-24)28(35)19-37-26-15-20(2)29(31)21(3)16-26/h6-16,22,27H,5,17-19H2,1-4H3,(H,33,36). The van der Waals surface area contributed by atoms with Crippen LogP contribution in [0, 0.1) is 19.7 Å². The summed E-state index contributed by atoms with van der Waals surface area (Å²) >= 11 is 3.55. The molecular weight excluding hydrogens is 535 g/mol. The summed E-state index contributed by atoms with van der Waals surface area (Å²) in [5, 5.41) is 3.04. The zero-order valence-corrected chi connectivity index (χ0v) is 23.3. The van der Waals surface area contributed by atoms with Crippen molar-refractivity contribution in [1.29, 1.82) is 0 Å². The van der Waals surface area contributed by atoms with Gasteiger partial charge < -0.3 is 15.0 Å². The van der Waals surface area contributed by atoms with Crippen LogP contribution in [0.3, 0.4) is 0 Å². The van der Waals surface area contributed by atoms with Gasteiger partial charge in [-0.25, -0.2) is 4.39 Å². The van der Waals surface area contributed by atoms with E-state index in [-0.39, 0.29) is 36.8 Å². The van der Waals surface area contributed by atoms with Gasteiger partial charge in [0, 0.05) is 23.5 Å². The van der Waals surface area contributed by atoms with Crippen molar-refractivity contribution in [3.8, 4) is 5.75 Å². The average Bonchev–Trinajstić information content (AvgIpc) is 2.89. The Balaban J connectivity index is 1.92. The average molecular weight is 570 g/mol. The molecule has 0 saturated carbocycles. The van der Waals surface area contributed by atoms with Crippen molar-refractivity contribution < 1.29 is 18.7 Å². The molecule has 5 nitrogen and oxygen atoms in total. The van der Waals surface area contributed by atoms with Crippen molar-refractivity contribution in [2.75, 3.05) is 6.61 Å². The lowest BCUT2D eigenvalue weighted by Gasteiger charge is -2.32. The highest BCUT2D eigenvalue weighted by atomic mass is 79.9. The molecular formula is C30H34BrFN2O3. The van der Waals surface area contributed by atoms with E-state index >= 15 is 0 Å². The van der Waals surface area contributed by atoms with E-state index in [1.807, 2.05) is 70.2 Å². The number of carbonyl (C=O) groups is 2. The fourth-order valence-corrected chi connectivity index (χ4v) is 4.23. The smallest absolute Gasteiger partial charge is 0.261 e. The first-order chi connectivity index (χ1) is 17.7. The molecule has 1 N–H and O–H groups in total. The molecule has 0 heterocycles. The second-order valence-electron chi connectivity index (χ2n) is 9.33. The third-order valence-electron chi connectivity index (χ3n) is 6.31. The van der Waals surface area contributed by atoms with Gasteiger partial charge in [-0.15, -0.1) is 0 Å². The monoisotopic (exact) mass is 568 g/mol. The van der Waals surface area contributed by atoms with Gasteiger partial charge in [0.25, 0.3) is 5.91 Å². The van der Waals surface area contributed by atoms with Gasteiger partial charge >= 0.3 is 0 Å². The first kappa shape index (κ1) is 28.4. The molecule has 2 atom stereocenters. The van der Waals surface area contributed by atoms with E-state index in [1.54, 1.807) is 12.1 Å². The fourth-order valence-electron chi connectivity index (χ4n) is 4.00. The number of hydrogen-bond acceptors (Lipinski definition) is 3. The predicted octanol–water partition coefficient (Wildman–Crippen LogP) is 6.14. The first-order valence-corrected chi connectivity index (χ1v) is 13.2. The normalized spacial score (nSPS) is 12.5. The van der Waals surface area contributed by atoms with Crippen LogP contribution in [0.1, 0.15) is 42.5 Å². The first-order valence-electron chi connectivity index (χ1n) is 12.5. The van der Waals surface area contributed by atoms with E-state index in [2.05, 4.69) is 21.2 Å². The number of nitrogens with one attached hydrogen (secondary N) is 1. The van der Waals surface area contributed by atoms with Gasteiger partial charge in [0.2, 0.25) is 5.91 Å². The summed E-state index contributed by atoms with van der Waals surface area (Å²) in [6, 6.07) is 18.5. The maximum absolute atomic E-state index is 13.7. The summed E-state index contributed by atoms with van der Waals surface area (Å²) in [7, 11) is 0. The quantitative estimate of drug-likeness (QED) is 0.302. The number of benzene rings is 3. The summed E-state index contributed by atoms with van der Waals surface area (Å²) in [4.78, 5) is 28.7. The van der Waals surface area contributed by atoms with Crippen LogP contribution in [0.2, 0.25) is 0 Å². The number of halogens is 2. The molecule has 0 fully saturated rings. The number of rotatable bonds is 11. The van der Waals surface area contributed by atoms with Crippen LogP contribution < -0.4 is 10.1 Å². The molecule has 2 unspecified atom stereocenters. The molecule has 37 heavy (non-hydrogen) atoms. The van der Waals surface area contributed by atoms with Crippen LogP contribution in [-0.2, 0) is 22.6 Å². The molecule has 0 radical (unpaired) electrons. The van der Waals surface area contributed by atoms with Crippen LogP contribution >= 0.6 is 15.9 Å². The molecule has 0 aliphatic carbocycles. The van der Waals surface area contributed by atoms with Crippen molar-refractivity contribution >= 4 is 27.7 Å². The summed E-state index contributed by atoms with van der Waals surface area (Å²) in [5.41, 5.74) is 3.66. The molecule has 196 valence electrons. The van der Waals surface area contributed by atoms with E-state index in [4.69, 9.17) is 4.74 Å². The molecule has 3 aromatic rings. The lowest BCUT2D eigenvalue weighted by atomic mass is 10.0. The molecule has 2 amide bonds. The molecule has 0 aliphatic rings. The van der Waals surface area contributed by atoms with Gasteiger partial charge in [-0.2, -0.15) is 0 Å². The minimum absolute atomic E-state index is 0.0430. The van der Waals surface area contributed by atoms with Crippen LogP contribution in [0.4, 0.5) is 4.39 Å². The zero-order chi connectivity index (χ0) is 26.9. The zero-order valence-electron chi connectivity index (χ0n) is 21.8. The maximum atomic E-state index is 13.7. The summed E-state index contributed by atoms with van der Waals surface area (Å²) in [6.45, 7) is 7.76. The summed E-state index contributed by atoms with van der Waals surface area (Å²) < 4.78 is 20.5. The highest BCUT2D eigenvalue weighted by molar-refractivity contribution is 9.10. The van der Waals surface area contributed by atoms with E-state index in [1.165, 1.54) is 17.0 Å². The fraction of sp³-hybridized carbons (Fsp3) is 0.333. The minimum atomic E-state index is -0.772. The third kappa shape index (κ3) is 8.15. The summed E-state index contributed by atoms with van der Waals surface area (Å²) in [5.74, 6) is -0.343. The van der Waals surface area contributed by atoms with Crippen LogP contribution in [0.25, 0.3) is 0 Å². The topological polar surface area (TPSA) is 58.6 Å². The lowest BCUT2D eigenvalue weighted by molar-refractivity contribution is -0.143. The number of aryl methyl sites for hydroxylation is 2. The van der Waals surface area contributed by atoms with E-state index in [0.717, 1.165) is 33.1 Å². The van der Waals surface area contributed by atoms with Gasteiger partial charge in [0.05, 0.1) is 0 Å². The Kier molecular flexibility index (Phi) is 10.3. The largest absolute Gasteiger partial charge is 0.484 e. The molecule has 0 spiro atoms. The van der Waals surface area contributed by atoms with Crippen molar-refractivity contribution in [2.45, 2.75) is 59.2 Å². The number of nitrogens with zero attached hydrogens (tertiary/aromatic N) is 1.